The van der Waals surface area contributed by atoms with Crippen LogP contribution in [0.2, 0.25) is 0 Å². The quantitative estimate of drug-likeness (QED) is 0.506. The normalized spacial score (nSPS) is 14.8. The van der Waals surface area contributed by atoms with E-state index in [1.807, 2.05) is 0 Å². The summed E-state index contributed by atoms with van der Waals surface area (Å²) < 4.78 is 80.7. The number of halogens is 6. The molecule has 1 rings (SSSR count). The number of rotatable bonds is 3. The molecule has 1 aromatic carbocycles. The largest absolute Gasteiger partial charge is 0.410 e. The summed E-state index contributed by atoms with van der Waals surface area (Å²) in [6, 6.07) is 5.36. The first-order valence-corrected chi connectivity index (χ1v) is 6.08. The van der Waals surface area contributed by atoms with Gasteiger partial charge in [0.1, 0.15) is 0 Å². The molecule has 0 aromatic heterocycles. The van der Waals surface area contributed by atoms with Crippen molar-refractivity contribution >= 4 is 0 Å². The van der Waals surface area contributed by atoms with Crippen molar-refractivity contribution in [1.82, 2.24) is 0 Å². The van der Waals surface area contributed by atoms with Crippen LogP contribution in [-0.2, 0) is 5.41 Å². The Balaban J connectivity index is 3.77. The molecule has 0 saturated heterocycles. The summed E-state index contributed by atoms with van der Waals surface area (Å²) in [5.74, 6) is 0. The first kappa shape index (κ1) is 17.3. The van der Waals surface area contributed by atoms with Crippen LogP contribution in [0, 0.1) is 0 Å². The standard InChI is InChI=1S/C15H14F6/c1-3-4-8-11(2)13(14(16,17)18,15(19,20)21)12-9-6-5-7-10-12/h3-10H,1-2H3/b4-3-,11-8+. The van der Waals surface area contributed by atoms with E-state index in [9.17, 15) is 26.3 Å². The Labute approximate surface area is 118 Å². The van der Waals surface area contributed by atoms with Crippen LogP contribution in [0.4, 0.5) is 26.3 Å². The van der Waals surface area contributed by atoms with E-state index in [2.05, 4.69) is 0 Å². The van der Waals surface area contributed by atoms with Gasteiger partial charge >= 0.3 is 12.4 Å². The van der Waals surface area contributed by atoms with E-state index in [0.717, 1.165) is 43.3 Å². The van der Waals surface area contributed by atoms with Crippen LogP contribution >= 0.6 is 0 Å². The molecule has 116 valence electrons. The third kappa shape index (κ3) is 2.99. The summed E-state index contributed by atoms with van der Waals surface area (Å²) in [6.07, 6.45) is -7.64. The molecule has 0 bridgehead atoms. The zero-order valence-corrected chi connectivity index (χ0v) is 11.4. The zero-order chi connectivity index (χ0) is 16.3. The predicted octanol–water partition coefficient (Wildman–Crippen LogP) is 5.57. The van der Waals surface area contributed by atoms with Gasteiger partial charge in [-0.15, -0.1) is 0 Å². The van der Waals surface area contributed by atoms with Crippen molar-refractivity contribution in [1.29, 1.82) is 0 Å². The molecule has 0 aliphatic heterocycles. The second-order valence-electron chi connectivity index (χ2n) is 4.49. The van der Waals surface area contributed by atoms with E-state index in [4.69, 9.17) is 0 Å². The first-order chi connectivity index (χ1) is 9.59. The maximum atomic E-state index is 13.4. The minimum atomic E-state index is -5.51. The Morgan fingerprint density at radius 1 is 0.905 bits per heavy atom. The van der Waals surface area contributed by atoms with Crippen LogP contribution in [0.15, 0.2) is 54.1 Å². The summed E-state index contributed by atoms with van der Waals surface area (Å²) in [4.78, 5) is 0. The van der Waals surface area contributed by atoms with Crippen LogP contribution in [0.25, 0.3) is 0 Å². The topological polar surface area (TPSA) is 0 Å². The predicted molar refractivity (Wildman–Crippen MR) is 68.8 cm³/mol. The van der Waals surface area contributed by atoms with Crippen molar-refractivity contribution in [2.75, 3.05) is 0 Å². The lowest BCUT2D eigenvalue weighted by Crippen LogP contribution is -2.54. The molecule has 0 unspecified atom stereocenters. The van der Waals surface area contributed by atoms with Gasteiger partial charge < -0.3 is 0 Å². The smallest absolute Gasteiger partial charge is 0.169 e. The molecular weight excluding hydrogens is 294 g/mol. The molecule has 1 aromatic rings. The molecule has 0 amide bonds. The molecule has 0 aliphatic rings. The van der Waals surface area contributed by atoms with Crippen LogP contribution in [0.5, 0.6) is 0 Å². The molecule has 0 aliphatic carbocycles. The van der Waals surface area contributed by atoms with Gasteiger partial charge in [-0.1, -0.05) is 48.6 Å². The lowest BCUT2D eigenvalue weighted by atomic mass is 9.73. The summed E-state index contributed by atoms with van der Waals surface area (Å²) in [6.45, 7) is 2.35. The molecule has 0 fully saturated rings. The van der Waals surface area contributed by atoms with E-state index >= 15 is 0 Å². The fourth-order valence-electron chi connectivity index (χ4n) is 2.22. The van der Waals surface area contributed by atoms with Crippen LogP contribution in [-0.4, -0.2) is 12.4 Å². The van der Waals surface area contributed by atoms with Gasteiger partial charge in [-0.25, -0.2) is 0 Å². The monoisotopic (exact) mass is 308 g/mol. The maximum Gasteiger partial charge on any atom is 0.410 e. The van der Waals surface area contributed by atoms with Crippen molar-refractivity contribution in [3.05, 3.63) is 59.7 Å². The maximum absolute atomic E-state index is 13.4. The number of hydrogen-bond acceptors (Lipinski definition) is 0. The SMILES string of the molecule is C/C=C\C=C(/C)C(c1ccccc1)(C(F)(F)F)C(F)(F)F. The fraction of sp³-hybridized carbons (Fsp3) is 0.333. The van der Waals surface area contributed by atoms with Crippen LogP contribution in [0.3, 0.4) is 0 Å². The van der Waals surface area contributed by atoms with Gasteiger partial charge in [0.05, 0.1) is 0 Å². The van der Waals surface area contributed by atoms with E-state index in [1.165, 1.54) is 19.1 Å². The lowest BCUT2D eigenvalue weighted by Gasteiger charge is -2.38. The average molecular weight is 308 g/mol. The highest BCUT2D eigenvalue weighted by Crippen LogP contribution is 2.56. The molecule has 0 radical (unpaired) electrons. The van der Waals surface area contributed by atoms with Gasteiger partial charge in [-0.05, 0) is 25.0 Å². The third-order valence-corrected chi connectivity index (χ3v) is 3.19. The molecule has 0 atom stereocenters. The number of benzene rings is 1. The van der Waals surface area contributed by atoms with Gasteiger partial charge in [-0.2, -0.15) is 26.3 Å². The summed E-state index contributed by atoms with van der Waals surface area (Å²) in [7, 11) is 0. The molecular formula is C15H14F6. The van der Waals surface area contributed by atoms with Crippen molar-refractivity contribution in [2.45, 2.75) is 31.6 Å². The van der Waals surface area contributed by atoms with E-state index in [-0.39, 0.29) is 0 Å². The molecule has 0 N–H and O–H groups in total. The minimum Gasteiger partial charge on any atom is -0.169 e. The Morgan fingerprint density at radius 3 is 1.76 bits per heavy atom. The molecule has 21 heavy (non-hydrogen) atoms. The van der Waals surface area contributed by atoms with E-state index < -0.39 is 28.9 Å². The molecule has 0 nitrogen and oxygen atoms in total. The van der Waals surface area contributed by atoms with Crippen LogP contribution < -0.4 is 0 Å². The Morgan fingerprint density at radius 2 is 1.38 bits per heavy atom. The molecule has 0 saturated carbocycles. The Kier molecular flexibility index (Phi) is 4.91. The van der Waals surface area contributed by atoms with Gasteiger partial charge in [0.2, 0.25) is 5.41 Å². The average Bonchev–Trinajstić information content (AvgIpc) is 2.34. The highest BCUT2D eigenvalue weighted by molar-refractivity contribution is 5.42. The van der Waals surface area contributed by atoms with E-state index in [0.29, 0.717) is 0 Å². The van der Waals surface area contributed by atoms with Crippen LogP contribution in [0.1, 0.15) is 19.4 Å². The molecule has 0 heterocycles. The van der Waals surface area contributed by atoms with Gasteiger partial charge in [0, 0.05) is 0 Å². The highest BCUT2D eigenvalue weighted by Gasteiger charge is 2.72. The second kappa shape index (κ2) is 5.95. The van der Waals surface area contributed by atoms with Gasteiger partial charge in [0.15, 0.2) is 0 Å². The number of alkyl halides is 6. The zero-order valence-electron chi connectivity index (χ0n) is 11.4. The van der Waals surface area contributed by atoms with Gasteiger partial charge in [-0.3, -0.25) is 0 Å². The van der Waals surface area contributed by atoms with Crippen molar-refractivity contribution in [2.24, 2.45) is 0 Å². The van der Waals surface area contributed by atoms with Gasteiger partial charge in [0.25, 0.3) is 0 Å². The third-order valence-electron chi connectivity index (χ3n) is 3.19. The first-order valence-electron chi connectivity index (χ1n) is 6.08. The Bertz CT molecular complexity index is 505. The molecule has 0 spiro atoms. The van der Waals surface area contributed by atoms with E-state index in [1.54, 1.807) is 0 Å². The molecule has 6 heteroatoms. The fourth-order valence-corrected chi connectivity index (χ4v) is 2.22. The second-order valence-corrected chi connectivity index (χ2v) is 4.49. The van der Waals surface area contributed by atoms with Crippen molar-refractivity contribution in [3.63, 3.8) is 0 Å². The highest BCUT2D eigenvalue weighted by atomic mass is 19.4. The number of hydrogen-bond donors (Lipinski definition) is 0. The summed E-state index contributed by atoms with van der Waals surface area (Å²) in [5.41, 5.74) is -5.68. The number of allylic oxidation sites excluding steroid dienone is 4. The van der Waals surface area contributed by atoms with Crippen molar-refractivity contribution < 1.29 is 26.3 Å². The lowest BCUT2D eigenvalue weighted by molar-refractivity contribution is -0.289. The summed E-state index contributed by atoms with van der Waals surface area (Å²) in [5, 5.41) is 0. The van der Waals surface area contributed by atoms with Crippen molar-refractivity contribution in [3.8, 4) is 0 Å². The summed E-state index contributed by atoms with van der Waals surface area (Å²) >= 11 is 0. The Hall–Kier alpha value is -1.72. The minimum absolute atomic E-state index is 0.827.